The summed E-state index contributed by atoms with van der Waals surface area (Å²) in [5.41, 5.74) is 1.40. The number of benzene rings is 1. The number of hydrogen-bond acceptors (Lipinski definition) is 4. The van der Waals surface area contributed by atoms with Crippen LogP contribution in [-0.4, -0.2) is 31.6 Å². The van der Waals surface area contributed by atoms with E-state index in [9.17, 15) is 4.79 Å². The van der Waals surface area contributed by atoms with E-state index in [-0.39, 0.29) is 12.8 Å². The molecule has 1 unspecified atom stereocenters. The maximum atomic E-state index is 11.1. The lowest BCUT2D eigenvalue weighted by Gasteiger charge is -2.09. The lowest BCUT2D eigenvalue weighted by molar-refractivity contribution is -0.141. The summed E-state index contributed by atoms with van der Waals surface area (Å²) < 4.78 is 10.3. The molecule has 19 heavy (non-hydrogen) atoms. The van der Waals surface area contributed by atoms with Crippen molar-refractivity contribution in [3.63, 3.8) is 0 Å². The number of ether oxygens (including phenoxy) is 2. The maximum absolute atomic E-state index is 11.1. The van der Waals surface area contributed by atoms with Gasteiger partial charge in [0.1, 0.15) is 12.8 Å². The molecule has 0 N–H and O–H groups in total. The summed E-state index contributed by atoms with van der Waals surface area (Å²) in [6.45, 7) is 7.45. The Morgan fingerprint density at radius 2 is 2.05 bits per heavy atom. The van der Waals surface area contributed by atoms with E-state index >= 15 is 0 Å². The molecule has 0 aromatic heterocycles. The first-order valence-corrected chi connectivity index (χ1v) is 6.12. The minimum Gasteiger partial charge on any atom is -0.460 e. The Bertz CT molecular complexity index is 440. The summed E-state index contributed by atoms with van der Waals surface area (Å²) in [6.07, 6.45) is 1.48. The number of aliphatic imine (C=N–C) groups is 1. The van der Waals surface area contributed by atoms with Gasteiger partial charge >= 0.3 is 5.97 Å². The Hall–Kier alpha value is -1.94. The summed E-state index contributed by atoms with van der Waals surface area (Å²) in [5.74, 6) is -0.399. The Morgan fingerprint density at radius 1 is 1.37 bits per heavy atom. The zero-order chi connectivity index (χ0) is 14.1. The zero-order valence-corrected chi connectivity index (χ0v) is 11.3. The third kappa shape index (κ3) is 6.52. The normalized spacial score (nSPS) is 12.3. The van der Waals surface area contributed by atoms with Gasteiger partial charge in [-0.3, -0.25) is 4.99 Å². The quantitative estimate of drug-likeness (QED) is 0.328. The van der Waals surface area contributed by atoms with Crippen molar-refractivity contribution in [2.45, 2.75) is 20.1 Å². The first kappa shape index (κ1) is 15.1. The number of nitrogens with zero attached hydrogens (tertiary/aromatic N) is 1. The maximum Gasteiger partial charge on any atom is 0.333 e. The van der Waals surface area contributed by atoms with E-state index in [0.717, 1.165) is 5.56 Å². The molecule has 1 rings (SSSR count). The highest BCUT2D eigenvalue weighted by atomic mass is 16.6. The number of esters is 1. The minimum absolute atomic E-state index is 0.205. The zero-order valence-electron chi connectivity index (χ0n) is 11.3. The van der Waals surface area contributed by atoms with Gasteiger partial charge in [0.2, 0.25) is 0 Å². The van der Waals surface area contributed by atoms with Crippen LogP contribution in [0.5, 0.6) is 0 Å². The Balaban J connectivity index is 2.21. The van der Waals surface area contributed by atoms with Crippen molar-refractivity contribution >= 4 is 12.2 Å². The van der Waals surface area contributed by atoms with Crippen LogP contribution in [0.15, 0.2) is 47.5 Å². The molecule has 4 heteroatoms. The fourth-order valence-electron chi connectivity index (χ4n) is 1.25. The van der Waals surface area contributed by atoms with Crippen LogP contribution in [0.4, 0.5) is 0 Å². The molecular formula is C15H19NO3. The highest BCUT2D eigenvalue weighted by Gasteiger charge is 2.03. The molecule has 1 atom stereocenters. The molecule has 0 aliphatic rings. The van der Waals surface area contributed by atoms with Gasteiger partial charge in [-0.25, -0.2) is 4.79 Å². The van der Waals surface area contributed by atoms with Crippen LogP contribution in [0.2, 0.25) is 0 Å². The van der Waals surface area contributed by atoms with E-state index in [2.05, 4.69) is 11.6 Å². The standard InChI is InChI=1S/C15H19NO3/c1-12(2)15(17)19-10-9-18-13(3)16-11-14-7-5-4-6-8-14/h4-8,11,13H,1,9-10H2,2-3H3. The summed E-state index contributed by atoms with van der Waals surface area (Å²) in [4.78, 5) is 15.3. The van der Waals surface area contributed by atoms with Gasteiger partial charge in [-0.1, -0.05) is 36.9 Å². The fourth-order valence-corrected chi connectivity index (χ4v) is 1.25. The molecule has 1 aromatic rings. The highest BCUT2D eigenvalue weighted by molar-refractivity contribution is 5.86. The van der Waals surface area contributed by atoms with Crippen molar-refractivity contribution in [3.05, 3.63) is 48.0 Å². The van der Waals surface area contributed by atoms with E-state index in [1.165, 1.54) is 0 Å². The van der Waals surface area contributed by atoms with Gasteiger partial charge in [-0.05, 0) is 19.4 Å². The summed E-state index contributed by atoms with van der Waals surface area (Å²) >= 11 is 0. The van der Waals surface area contributed by atoms with Crippen LogP contribution in [0.3, 0.4) is 0 Å². The first-order valence-electron chi connectivity index (χ1n) is 6.12. The third-order valence-corrected chi connectivity index (χ3v) is 2.26. The van der Waals surface area contributed by atoms with Gasteiger partial charge in [0.05, 0.1) is 6.61 Å². The summed E-state index contributed by atoms with van der Waals surface area (Å²) in [5, 5.41) is 0. The van der Waals surface area contributed by atoms with Crippen molar-refractivity contribution < 1.29 is 14.3 Å². The second-order valence-corrected chi connectivity index (χ2v) is 4.08. The molecule has 4 nitrogen and oxygen atoms in total. The Labute approximate surface area is 113 Å². The number of carbonyl (C=O) groups excluding carboxylic acids is 1. The molecule has 0 amide bonds. The van der Waals surface area contributed by atoms with Crippen LogP contribution in [0, 0.1) is 0 Å². The molecular weight excluding hydrogens is 242 g/mol. The van der Waals surface area contributed by atoms with Gasteiger partial charge in [0.15, 0.2) is 0 Å². The van der Waals surface area contributed by atoms with E-state index in [4.69, 9.17) is 9.47 Å². The molecule has 0 saturated carbocycles. The molecule has 0 aliphatic heterocycles. The predicted octanol–water partition coefficient (Wildman–Crippen LogP) is 2.59. The molecule has 0 fully saturated rings. The highest BCUT2D eigenvalue weighted by Crippen LogP contribution is 1.98. The van der Waals surface area contributed by atoms with Crippen molar-refractivity contribution in [1.29, 1.82) is 0 Å². The SMILES string of the molecule is C=C(C)C(=O)OCCOC(C)N=Cc1ccccc1. The van der Waals surface area contributed by atoms with Crippen LogP contribution >= 0.6 is 0 Å². The Kier molecular flexibility index (Phi) is 6.53. The van der Waals surface area contributed by atoms with Crippen molar-refractivity contribution in [2.75, 3.05) is 13.2 Å². The molecule has 102 valence electrons. The molecule has 0 spiro atoms. The predicted molar refractivity (Wildman–Crippen MR) is 75.2 cm³/mol. The molecule has 0 bridgehead atoms. The summed E-state index contributed by atoms with van der Waals surface area (Å²) in [6, 6.07) is 9.77. The van der Waals surface area contributed by atoms with Crippen molar-refractivity contribution in [3.8, 4) is 0 Å². The van der Waals surface area contributed by atoms with Gasteiger partial charge in [0.25, 0.3) is 0 Å². The topological polar surface area (TPSA) is 47.9 Å². The largest absolute Gasteiger partial charge is 0.460 e. The van der Waals surface area contributed by atoms with Crippen molar-refractivity contribution in [2.24, 2.45) is 4.99 Å². The average Bonchev–Trinajstić information content (AvgIpc) is 2.42. The van der Waals surface area contributed by atoms with E-state index in [1.54, 1.807) is 13.1 Å². The monoisotopic (exact) mass is 261 g/mol. The second kappa shape index (κ2) is 8.21. The number of carbonyl (C=O) groups is 1. The van der Waals surface area contributed by atoms with Crippen LogP contribution in [-0.2, 0) is 14.3 Å². The van der Waals surface area contributed by atoms with Crippen LogP contribution in [0.1, 0.15) is 19.4 Å². The summed E-state index contributed by atoms with van der Waals surface area (Å²) in [7, 11) is 0. The van der Waals surface area contributed by atoms with E-state index < -0.39 is 5.97 Å². The van der Waals surface area contributed by atoms with Crippen LogP contribution in [0.25, 0.3) is 0 Å². The first-order chi connectivity index (χ1) is 9.09. The lowest BCUT2D eigenvalue weighted by Crippen LogP contribution is -2.14. The second-order valence-electron chi connectivity index (χ2n) is 4.08. The fraction of sp³-hybridized carbons (Fsp3) is 0.333. The van der Waals surface area contributed by atoms with Crippen molar-refractivity contribution in [1.82, 2.24) is 0 Å². The van der Waals surface area contributed by atoms with E-state index in [0.29, 0.717) is 12.2 Å². The molecule has 0 radical (unpaired) electrons. The third-order valence-electron chi connectivity index (χ3n) is 2.26. The van der Waals surface area contributed by atoms with Gasteiger partial charge in [0, 0.05) is 11.8 Å². The molecule has 0 heterocycles. The number of rotatable bonds is 7. The lowest BCUT2D eigenvalue weighted by atomic mass is 10.2. The smallest absolute Gasteiger partial charge is 0.333 e. The van der Waals surface area contributed by atoms with Gasteiger partial charge in [-0.15, -0.1) is 0 Å². The molecule has 1 aromatic carbocycles. The van der Waals surface area contributed by atoms with Gasteiger partial charge < -0.3 is 9.47 Å². The van der Waals surface area contributed by atoms with Crippen LogP contribution < -0.4 is 0 Å². The molecule has 0 aliphatic carbocycles. The number of hydrogen-bond donors (Lipinski definition) is 0. The average molecular weight is 261 g/mol. The Morgan fingerprint density at radius 3 is 2.68 bits per heavy atom. The van der Waals surface area contributed by atoms with E-state index in [1.807, 2.05) is 37.3 Å². The minimum atomic E-state index is -0.399. The molecule has 0 saturated heterocycles. The van der Waals surface area contributed by atoms with Gasteiger partial charge in [-0.2, -0.15) is 0 Å².